The highest BCUT2D eigenvalue weighted by molar-refractivity contribution is 5.94. The molecule has 0 spiro atoms. The van der Waals surface area contributed by atoms with E-state index in [9.17, 15) is 9.59 Å². The predicted octanol–water partition coefficient (Wildman–Crippen LogP) is 0.792. The summed E-state index contributed by atoms with van der Waals surface area (Å²) in [6.45, 7) is 5.98. The molecular formula is C20H27N3O3. The van der Waals surface area contributed by atoms with Crippen molar-refractivity contribution in [2.45, 2.75) is 19.3 Å². The Kier molecular flexibility index (Phi) is 5.22. The first-order valence-electron chi connectivity index (χ1n) is 9.70. The van der Waals surface area contributed by atoms with Crippen LogP contribution in [0.25, 0.3) is 0 Å². The lowest BCUT2D eigenvalue weighted by Crippen LogP contribution is -2.52. The summed E-state index contributed by atoms with van der Waals surface area (Å²) in [4.78, 5) is 31.1. The van der Waals surface area contributed by atoms with Gasteiger partial charge in [-0.15, -0.1) is 0 Å². The Morgan fingerprint density at radius 1 is 0.885 bits per heavy atom. The fraction of sp³-hybridized carbons (Fsp3) is 0.600. The summed E-state index contributed by atoms with van der Waals surface area (Å²) in [6.07, 6.45) is 3.43. The van der Waals surface area contributed by atoms with Gasteiger partial charge in [0.25, 0.3) is 5.91 Å². The van der Waals surface area contributed by atoms with E-state index < -0.39 is 0 Å². The minimum atomic E-state index is 0.124. The van der Waals surface area contributed by atoms with Crippen LogP contribution < -0.4 is 0 Å². The van der Waals surface area contributed by atoms with E-state index in [0.717, 1.165) is 31.5 Å². The number of fused-ring (bicyclic) bond motifs is 1. The van der Waals surface area contributed by atoms with Gasteiger partial charge in [0.05, 0.1) is 19.8 Å². The summed E-state index contributed by atoms with van der Waals surface area (Å²) in [5.41, 5.74) is 3.54. The highest BCUT2D eigenvalue weighted by Crippen LogP contribution is 2.23. The van der Waals surface area contributed by atoms with E-state index >= 15 is 0 Å². The molecule has 2 amide bonds. The number of amides is 2. The van der Waals surface area contributed by atoms with Crippen molar-refractivity contribution in [3.8, 4) is 0 Å². The summed E-state index contributed by atoms with van der Waals surface area (Å²) in [5.74, 6) is 0.297. The lowest BCUT2D eigenvalue weighted by molar-refractivity contribution is -0.136. The van der Waals surface area contributed by atoms with Crippen molar-refractivity contribution >= 4 is 11.8 Å². The standard InChI is InChI=1S/C20H27N3O3/c24-19(22-10-12-26-13-11-22)15-21-6-8-23(9-7-21)20(25)18-5-4-16-2-1-3-17(16)14-18/h4-5,14H,1-3,6-13,15H2. The number of hydrogen-bond acceptors (Lipinski definition) is 4. The summed E-state index contributed by atoms with van der Waals surface area (Å²) >= 11 is 0. The van der Waals surface area contributed by atoms with Crippen LogP contribution in [0.2, 0.25) is 0 Å². The van der Waals surface area contributed by atoms with Crippen LogP contribution in [0.15, 0.2) is 18.2 Å². The van der Waals surface area contributed by atoms with Crippen LogP contribution in [0.3, 0.4) is 0 Å². The number of hydrogen-bond donors (Lipinski definition) is 0. The normalized spacial score (nSPS) is 20.9. The molecule has 2 fully saturated rings. The number of rotatable bonds is 3. The maximum atomic E-state index is 12.8. The Bertz CT molecular complexity index is 677. The molecule has 1 aromatic carbocycles. The SMILES string of the molecule is O=C(CN1CCN(C(=O)c2ccc3c(c2)CCC3)CC1)N1CCOCC1. The van der Waals surface area contributed by atoms with Crippen LogP contribution in [0.4, 0.5) is 0 Å². The third-order valence-electron chi connectivity index (χ3n) is 5.73. The fourth-order valence-electron chi connectivity index (χ4n) is 4.10. The fourth-order valence-corrected chi connectivity index (χ4v) is 4.10. The monoisotopic (exact) mass is 357 g/mol. The van der Waals surface area contributed by atoms with Crippen LogP contribution in [0.5, 0.6) is 0 Å². The number of nitrogens with zero attached hydrogens (tertiary/aromatic N) is 3. The molecule has 3 aliphatic rings. The third-order valence-corrected chi connectivity index (χ3v) is 5.73. The van der Waals surface area contributed by atoms with Gasteiger partial charge in [0, 0.05) is 44.8 Å². The number of carbonyl (C=O) groups is 2. The first-order valence-corrected chi connectivity index (χ1v) is 9.70. The zero-order valence-electron chi connectivity index (χ0n) is 15.3. The average molecular weight is 357 g/mol. The third kappa shape index (κ3) is 3.76. The van der Waals surface area contributed by atoms with Gasteiger partial charge in [-0.2, -0.15) is 0 Å². The summed E-state index contributed by atoms with van der Waals surface area (Å²) in [5, 5.41) is 0. The average Bonchev–Trinajstić information content (AvgIpc) is 3.16. The largest absolute Gasteiger partial charge is 0.378 e. The highest BCUT2D eigenvalue weighted by atomic mass is 16.5. The van der Waals surface area contributed by atoms with Crippen molar-refractivity contribution in [2.75, 3.05) is 59.0 Å². The molecule has 0 saturated carbocycles. The predicted molar refractivity (Wildman–Crippen MR) is 98.2 cm³/mol. The molecule has 4 rings (SSSR count). The van der Waals surface area contributed by atoms with Crippen molar-refractivity contribution in [1.82, 2.24) is 14.7 Å². The minimum absolute atomic E-state index is 0.124. The second-order valence-electron chi connectivity index (χ2n) is 7.40. The Morgan fingerprint density at radius 3 is 2.38 bits per heavy atom. The van der Waals surface area contributed by atoms with E-state index in [1.165, 1.54) is 17.5 Å². The molecule has 0 N–H and O–H groups in total. The molecule has 2 heterocycles. The van der Waals surface area contributed by atoms with Gasteiger partial charge in [-0.25, -0.2) is 0 Å². The van der Waals surface area contributed by atoms with E-state index in [2.05, 4.69) is 17.0 Å². The highest BCUT2D eigenvalue weighted by Gasteiger charge is 2.26. The molecular weight excluding hydrogens is 330 g/mol. The van der Waals surface area contributed by atoms with Crippen molar-refractivity contribution in [2.24, 2.45) is 0 Å². The Labute approximate surface area is 154 Å². The van der Waals surface area contributed by atoms with Gasteiger partial charge in [-0.05, 0) is 42.5 Å². The Balaban J connectivity index is 1.29. The molecule has 1 aliphatic carbocycles. The van der Waals surface area contributed by atoms with E-state index in [1.807, 2.05) is 15.9 Å². The van der Waals surface area contributed by atoms with Crippen molar-refractivity contribution in [1.29, 1.82) is 0 Å². The molecule has 0 aromatic heterocycles. The van der Waals surface area contributed by atoms with Gasteiger partial charge >= 0.3 is 0 Å². The lowest BCUT2D eigenvalue weighted by Gasteiger charge is -2.36. The van der Waals surface area contributed by atoms with Crippen LogP contribution >= 0.6 is 0 Å². The maximum absolute atomic E-state index is 12.8. The summed E-state index contributed by atoms with van der Waals surface area (Å²) in [7, 11) is 0. The number of morpholine rings is 1. The van der Waals surface area contributed by atoms with Crippen molar-refractivity contribution in [3.63, 3.8) is 0 Å². The van der Waals surface area contributed by atoms with E-state index in [-0.39, 0.29) is 11.8 Å². The zero-order chi connectivity index (χ0) is 17.9. The molecule has 0 radical (unpaired) electrons. The van der Waals surface area contributed by atoms with Gasteiger partial charge in [0.1, 0.15) is 0 Å². The zero-order valence-corrected chi connectivity index (χ0v) is 15.3. The van der Waals surface area contributed by atoms with E-state index in [1.54, 1.807) is 0 Å². The lowest BCUT2D eigenvalue weighted by atomic mass is 10.1. The van der Waals surface area contributed by atoms with Gasteiger partial charge in [0.2, 0.25) is 5.91 Å². The number of aryl methyl sites for hydroxylation is 2. The van der Waals surface area contributed by atoms with Crippen LogP contribution in [-0.2, 0) is 22.4 Å². The molecule has 2 aliphatic heterocycles. The number of carbonyl (C=O) groups excluding carboxylic acids is 2. The summed E-state index contributed by atoms with van der Waals surface area (Å²) in [6, 6.07) is 6.17. The van der Waals surface area contributed by atoms with Gasteiger partial charge < -0.3 is 14.5 Å². The van der Waals surface area contributed by atoms with Gasteiger partial charge in [0.15, 0.2) is 0 Å². The molecule has 0 atom stereocenters. The number of ether oxygens (including phenoxy) is 1. The minimum Gasteiger partial charge on any atom is -0.378 e. The quantitative estimate of drug-likeness (QED) is 0.803. The second kappa shape index (κ2) is 7.76. The van der Waals surface area contributed by atoms with Crippen LogP contribution in [-0.4, -0.2) is 85.5 Å². The van der Waals surface area contributed by atoms with Crippen LogP contribution in [0, 0.1) is 0 Å². The second-order valence-corrected chi connectivity index (χ2v) is 7.40. The Hall–Kier alpha value is -1.92. The first-order chi connectivity index (χ1) is 12.7. The maximum Gasteiger partial charge on any atom is 0.253 e. The molecule has 6 nitrogen and oxygen atoms in total. The van der Waals surface area contributed by atoms with E-state index in [4.69, 9.17) is 4.74 Å². The van der Waals surface area contributed by atoms with Crippen molar-refractivity contribution < 1.29 is 14.3 Å². The topological polar surface area (TPSA) is 53.1 Å². The molecule has 26 heavy (non-hydrogen) atoms. The molecule has 2 saturated heterocycles. The smallest absolute Gasteiger partial charge is 0.253 e. The summed E-state index contributed by atoms with van der Waals surface area (Å²) < 4.78 is 5.30. The molecule has 0 bridgehead atoms. The van der Waals surface area contributed by atoms with Crippen LogP contribution in [0.1, 0.15) is 27.9 Å². The molecule has 1 aromatic rings. The van der Waals surface area contributed by atoms with Crippen molar-refractivity contribution in [3.05, 3.63) is 34.9 Å². The molecule has 140 valence electrons. The first kappa shape index (κ1) is 17.5. The number of benzene rings is 1. The molecule has 0 unspecified atom stereocenters. The van der Waals surface area contributed by atoms with E-state index in [0.29, 0.717) is 45.9 Å². The van der Waals surface area contributed by atoms with Gasteiger partial charge in [-0.3, -0.25) is 14.5 Å². The molecule has 6 heteroatoms. The van der Waals surface area contributed by atoms with Gasteiger partial charge in [-0.1, -0.05) is 6.07 Å². The number of piperazine rings is 1. The Morgan fingerprint density at radius 2 is 1.62 bits per heavy atom.